The topological polar surface area (TPSA) is 80.9 Å². The average Bonchev–Trinajstić information content (AvgIpc) is 2.99. The summed E-state index contributed by atoms with van der Waals surface area (Å²) in [4.78, 5) is 20.5. The Hall–Kier alpha value is -3.54. The van der Waals surface area contributed by atoms with E-state index in [1.807, 2.05) is 30.3 Å². The summed E-state index contributed by atoms with van der Waals surface area (Å²) < 4.78 is 1.68. The van der Waals surface area contributed by atoms with Gasteiger partial charge in [0.05, 0.1) is 28.0 Å². The van der Waals surface area contributed by atoms with Crippen LogP contribution in [0.15, 0.2) is 60.9 Å². The van der Waals surface area contributed by atoms with E-state index in [9.17, 15) is 9.90 Å². The predicted octanol–water partition coefficient (Wildman–Crippen LogP) is 3.49. The maximum Gasteiger partial charge on any atom is 0.336 e. The summed E-state index contributed by atoms with van der Waals surface area (Å²) in [6.07, 6.45) is 3.31. The van der Waals surface area contributed by atoms with E-state index in [0.29, 0.717) is 22.4 Å². The number of fused-ring (bicyclic) bond motifs is 1. The molecule has 0 aliphatic carbocycles. The lowest BCUT2D eigenvalue weighted by molar-refractivity contribution is 0.0699. The summed E-state index contributed by atoms with van der Waals surface area (Å²) in [5, 5.41) is 14.7. The molecule has 0 saturated heterocycles. The maximum absolute atomic E-state index is 11.8. The summed E-state index contributed by atoms with van der Waals surface area (Å²) in [6.45, 7) is 1.79. The Bertz CT molecular complexity index is 1070. The van der Waals surface area contributed by atoms with E-state index in [1.54, 1.807) is 42.2 Å². The number of rotatable bonds is 3. The number of para-hydroxylation sites is 1. The number of benzene rings is 1. The van der Waals surface area contributed by atoms with Gasteiger partial charge in [0.25, 0.3) is 0 Å². The molecule has 122 valence electrons. The summed E-state index contributed by atoms with van der Waals surface area (Å²) in [7, 11) is 0. The largest absolute Gasteiger partial charge is 0.478 e. The first-order valence-electron chi connectivity index (χ1n) is 7.74. The van der Waals surface area contributed by atoms with Crippen molar-refractivity contribution in [2.24, 2.45) is 0 Å². The van der Waals surface area contributed by atoms with Crippen LogP contribution in [0.25, 0.3) is 28.0 Å². The second-order valence-corrected chi connectivity index (χ2v) is 5.63. The maximum atomic E-state index is 11.8. The van der Waals surface area contributed by atoms with Gasteiger partial charge >= 0.3 is 5.97 Å². The Morgan fingerprint density at radius 1 is 1.08 bits per heavy atom. The Balaban J connectivity index is 2.07. The highest BCUT2D eigenvalue weighted by molar-refractivity contribution is 6.04. The van der Waals surface area contributed by atoms with Crippen molar-refractivity contribution < 1.29 is 9.90 Å². The molecule has 4 rings (SSSR count). The van der Waals surface area contributed by atoms with Crippen molar-refractivity contribution in [1.29, 1.82) is 0 Å². The van der Waals surface area contributed by atoms with Crippen LogP contribution in [0.1, 0.15) is 16.1 Å². The molecule has 1 N–H and O–H groups in total. The van der Waals surface area contributed by atoms with Gasteiger partial charge in [-0.1, -0.05) is 18.2 Å². The fourth-order valence-corrected chi connectivity index (χ4v) is 2.88. The molecule has 0 amide bonds. The van der Waals surface area contributed by atoms with Crippen LogP contribution in [-0.2, 0) is 0 Å². The van der Waals surface area contributed by atoms with Gasteiger partial charge in [-0.2, -0.15) is 5.10 Å². The molecule has 25 heavy (non-hydrogen) atoms. The lowest BCUT2D eigenvalue weighted by Crippen LogP contribution is -2.02. The number of hydrogen-bond donors (Lipinski definition) is 1. The molecule has 6 heteroatoms. The minimum absolute atomic E-state index is 0.191. The number of aryl methyl sites for hydroxylation is 1. The number of aromatic nitrogens is 4. The first-order valence-corrected chi connectivity index (χ1v) is 7.74. The zero-order chi connectivity index (χ0) is 17.4. The molecule has 0 spiro atoms. The predicted molar refractivity (Wildman–Crippen MR) is 93.8 cm³/mol. The SMILES string of the molecule is Cc1nn(-c2ccccc2)c2nc(-c3ccncc3)cc(C(=O)O)c12. The number of carboxylic acid groups (broad SMARTS) is 1. The van der Waals surface area contributed by atoms with Gasteiger partial charge in [0, 0.05) is 18.0 Å². The van der Waals surface area contributed by atoms with E-state index in [4.69, 9.17) is 4.98 Å². The van der Waals surface area contributed by atoms with E-state index < -0.39 is 5.97 Å². The van der Waals surface area contributed by atoms with Gasteiger partial charge in [-0.25, -0.2) is 14.5 Å². The summed E-state index contributed by atoms with van der Waals surface area (Å²) in [6, 6.07) is 14.7. The van der Waals surface area contributed by atoms with Crippen molar-refractivity contribution >= 4 is 17.0 Å². The Morgan fingerprint density at radius 3 is 2.48 bits per heavy atom. The normalized spacial score (nSPS) is 10.9. The Morgan fingerprint density at radius 2 is 1.80 bits per heavy atom. The number of pyridine rings is 2. The summed E-state index contributed by atoms with van der Waals surface area (Å²) >= 11 is 0. The molecule has 0 atom stereocenters. The fraction of sp³-hybridized carbons (Fsp3) is 0.0526. The van der Waals surface area contributed by atoms with Crippen LogP contribution in [0.3, 0.4) is 0 Å². The van der Waals surface area contributed by atoms with Gasteiger partial charge < -0.3 is 5.11 Å². The molecule has 0 aliphatic rings. The van der Waals surface area contributed by atoms with Crippen LogP contribution in [0.4, 0.5) is 0 Å². The first-order chi connectivity index (χ1) is 12.1. The molecular weight excluding hydrogens is 316 g/mol. The van der Waals surface area contributed by atoms with Crippen LogP contribution < -0.4 is 0 Å². The first kappa shape index (κ1) is 15.0. The van der Waals surface area contributed by atoms with Gasteiger partial charge in [0.1, 0.15) is 0 Å². The van der Waals surface area contributed by atoms with Crippen molar-refractivity contribution in [1.82, 2.24) is 19.7 Å². The highest BCUT2D eigenvalue weighted by Gasteiger charge is 2.20. The number of nitrogens with zero attached hydrogens (tertiary/aromatic N) is 4. The number of carboxylic acids is 1. The van der Waals surface area contributed by atoms with Crippen LogP contribution in [0.5, 0.6) is 0 Å². The van der Waals surface area contributed by atoms with Gasteiger partial charge in [0.15, 0.2) is 5.65 Å². The zero-order valence-electron chi connectivity index (χ0n) is 13.4. The van der Waals surface area contributed by atoms with Gasteiger partial charge in [-0.05, 0) is 37.3 Å². The van der Waals surface area contributed by atoms with Crippen molar-refractivity contribution in [3.05, 3.63) is 72.2 Å². The number of hydrogen-bond acceptors (Lipinski definition) is 4. The number of aromatic carboxylic acids is 1. The van der Waals surface area contributed by atoms with E-state index >= 15 is 0 Å². The minimum Gasteiger partial charge on any atom is -0.478 e. The molecule has 0 fully saturated rings. The van der Waals surface area contributed by atoms with E-state index in [1.165, 1.54) is 0 Å². The van der Waals surface area contributed by atoms with Crippen LogP contribution in [0.2, 0.25) is 0 Å². The van der Waals surface area contributed by atoms with E-state index in [2.05, 4.69) is 10.1 Å². The van der Waals surface area contributed by atoms with Crippen molar-refractivity contribution in [2.45, 2.75) is 6.92 Å². The second kappa shape index (κ2) is 5.83. The lowest BCUT2D eigenvalue weighted by atomic mass is 10.1. The van der Waals surface area contributed by atoms with E-state index in [-0.39, 0.29) is 5.56 Å². The van der Waals surface area contributed by atoms with E-state index in [0.717, 1.165) is 11.3 Å². The molecular formula is C19H14N4O2. The number of carbonyl (C=O) groups is 1. The third kappa shape index (κ3) is 2.53. The van der Waals surface area contributed by atoms with Crippen LogP contribution >= 0.6 is 0 Å². The molecule has 6 nitrogen and oxygen atoms in total. The molecule has 0 radical (unpaired) electrons. The molecule has 4 aromatic rings. The second-order valence-electron chi connectivity index (χ2n) is 5.63. The highest BCUT2D eigenvalue weighted by atomic mass is 16.4. The van der Waals surface area contributed by atoms with Crippen molar-refractivity contribution in [2.75, 3.05) is 0 Å². The highest BCUT2D eigenvalue weighted by Crippen LogP contribution is 2.28. The molecule has 3 heterocycles. The average molecular weight is 330 g/mol. The monoisotopic (exact) mass is 330 g/mol. The summed E-state index contributed by atoms with van der Waals surface area (Å²) in [5.74, 6) is -1.00. The molecule has 0 aliphatic heterocycles. The summed E-state index contributed by atoms with van der Waals surface area (Å²) in [5.41, 5.74) is 3.55. The molecule has 0 saturated carbocycles. The van der Waals surface area contributed by atoms with Gasteiger partial charge in [0.2, 0.25) is 0 Å². The Labute approximate surface area is 143 Å². The van der Waals surface area contributed by atoms with Crippen LogP contribution in [-0.4, -0.2) is 30.8 Å². The van der Waals surface area contributed by atoms with Crippen LogP contribution in [0, 0.1) is 6.92 Å². The third-order valence-electron chi connectivity index (χ3n) is 4.02. The van der Waals surface area contributed by atoms with Gasteiger partial charge in [-0.3, -0.25) is 4.98 Å². The fourth-order valence-electron chi connectivity index (χ4n) is 2.88. The lowest BCUT2D eigenvalue weighted by Gasteiger charge is -2.07. The van der Waals surface area contributed by atoms with Crippen molar-refractivity contribution in [3.8, 4) is 16.9 Å². The van der Waals surface area contributed by atoms with Gasteiger partial charge in [-0.15, -0.1) is 0 Å². The standard InChI is InChI=1S/C19H14N4O2/c1-12-17-15(19(24)25)11-16(13-7-9-20-10-8-13)21-18(17)23(22-12)14-5-3-2-4-6-14/h2-11H,1H3,(H,24,25). The quantitative estimate of drug-likeness (QED) is 0.622. The molecule has 1 aromatic carbocycles. The molecule has 3 aromatic heterocycles. The minimum atomic E-state index is -1.00. The molecule has 0 bridgehead atoms. The third-order valence-corrected chi connectivity index (χ3v) is 4.02. The smallest absolute Gasteiger partial charge is 0.336 e. The zero-order valence-corrected chi connectivity index (χ0v) is 13.4. The molecule has 0 unspecified atom stereocenters. The Kier molecular flexibility index (Phi) is 3.50. The van der Waals surface area contributed by atoms with Crippen molar-refractivity contribution in [3.63, 3.8) is 0 Å².